The first-order chi connectivity index (χ1) is 36.9. The van der Waals surface area contributed by atoms with Crippen molar-refractivity contribution in [1.82, 2.24) is 45.9 Å². The molecule has 0 unspecified atom stereocenters. The summed E-state index contributed by atoms with van der Waals surface area (Å²) < 4.78 is 31.3. The summed E-state index contributed by atoms with van der Waals surface area (Å²) in [5.41, 5.74) is 11.6. The number of carboxylic acid groups (broad SMARTS) is 1. The number of urea groups is 1. The molecule has 5 atom stereocenters. The van der Waals surface area contributed by atoms with Crippen molar-refractivity contribution < 1.29 is 62.1 Å². The summed E-state index contributed by atoms with van der Waals surface area (Å²) >= 11 is 0. The summed E-state index contributed by atoms with van der Waals surface area (Å²) in [6, 6.07) is 5.67. The molecular formula is C54H75F2N11O11. The monoisotopic (exact) mass is 1090 g/mol. The van der Waals surface area contributed by atoms with Crippen LogP contribution in [0.5, 0.6) is 0 Å². The van der Waals surface area contributed by atoms with E-state index < -0.39 is 113 Å². The van der Waals surface area contributed by atoms with Crippen LogP contribution in [0.4, 0.5) is 13.6 Å². The molecular weight excluding hydrogens is 1020 g/mol. The lowest BCUT2D eigenvalue weighted by atomic mass is 9.84. The summed E-state index contributed by atoms with van der Waals surface area (Å²) in [4.78, 5) is 122. The first-order valence-corrected chi connectivity index (χ1v) is 26.1. The molecule has 1 aliphatic heterocycles. The minimum Gasteiger partial charge on any atom is -0.480 e. The summed E-state index contributed by atoms with van der Waals surface area (Å²) in [6.45, 7) is 8.45. The molecule has 22 nitrogen and oxygen atoms in total. The van der Waals surface area contributed by atoms with Crippen molar-refractivity contribution in [2.24, 2.45) is 22.8 Å². The molecule has 24 heteroatoms. The topological polar surface area (TPSA) is 331 Å². The number of unbranched alkanes of at least 4 members (excludes halogenated alkanes) is 3. The Bertz CT molecular complexity index is 2590. The van der Waals surface area contributed by atoms with Gasteiger partial charge < -0.3 is 57.7 Å². The zero-order valence-corrected chi connectivity index (χ0v) is 44.9. The van der Waals surface area contributed by atoms with Gasteiger partial charge in [0.05, 0.1) is 17.8 Å². The molecule has 1 aromatic heterocycles. The van der Waals surface area contributed by atoms with Crippen molar-refractivity contribution in [2.45, 2.75) is 136 Å². The van der Waals surface area contributed by atoms with E-state index in [-0.39, 0.29) is 88.9 Å². The average Bonchev–Trinajstić information content (AvgIpc) is 3.95. The molecule has 2 heterocycles. The summed E-state index contributed by atoms with van der Waals surface area (Å²) in [7, 11) is 0. The zero-order valence-electron chi connectivity index (χ0n) is 44.9. The van der Waals surface area contributed by atoms with Gasteiger partial charge in [0.1, 0.15) is 42.2 Å². The molecule has 11 N–H and O–H groups in total. The van der Waals surface area contributed by atoms with Gasteiger partial charge in [0.15, 0.2) is 0 Å². The Balaban J connectivity index is 1.35. The van der Waals surface area contributed by atoms with E-state index in [2.05, 4.69) is 26.6 Å². The van der Waals surface area contributed by atoms with Crippen LogP contribution in [-0.4, -0.2) is 140 Å². The Kier molecular flexibility index (Phi) is 24.5. The average molecular weight is 1090 g/mol. The van der Waals surface area contributed by atoms with Crippen molar-refractivity contribution in [3.05, 3.63) is 89.9 Å². The predicted molar refractivity (Wildman–Crippen MR) is 283 cm³/mol. The summed E-state index contributed by atoms with van der Waals surface area (Å²) in [5, 5.41) is 33.2. The molecule has 0 bridgehead atoms. The predicted octanol–water partition coefficient (Wildman–Crippen LogP) is 2.92. The number of hydrogen-bond donors (Lipinski definition) is 9. The second kappa shape index (κ2) is 30.4. The number of imide groups is 1. The molecule has 0 fully saturated rings. The molecule has 0 spiro atoms. The molecule has 3 aromatic rings. The zero-order chi connectivity index (χ0) is 57.7. The van der Waals surface area contributed by atoms with Crippen LogP contribution in [0.15, 0.2) is 66.9 Å². The highest BCUT2D eigenvalue weighted by molar-refractivity contribution is 6.12. The minimum atomic E-state index is -1.42. The fourth-order valence-corrected chi connectivity index (χ4v) is 8.83. The highest BCUT2D eigenvalue weighted by Gasteiger charge is 2.39. The third-order valence-corrected chi connectivity index (χ3v) is 12.9. The lowest BCUT2D eigenvalue weighted by molar-refractivity contribution is -0.142. The normalized spacial score (nSPS) is 14.3. The van der Waals surface area contributed by atoms with Crippen LogP contribution in [0.1, 0.15) is 116 Å². The quantitative estimate of drug-likeness (QED) is 0.0321. The molecule has 78 heavy (non-hydrogen) atoms. The SMILES string of the molecule is CC(C)[C@H](NC(=O)CCCCCN1C(=O)C=CC1=O)C(=O)N[C@@H](CCCNC(N)=O)C(=O)N[C@H](CCCCNC(=O)[C@@H](N)CCN(C(=O)CO)[C@@H](c1nc(-c2cc(F)ccc2F)cn1Cc1ccccc1)C(C)(C)C)C(=O)O. The van der Waals surface area contributed by atoms with Gasteiger partial charge in [-0.3, -0.25) is 38.5 Å². The van der Waals surface area contributed by atoms with Gasteiger partial charge in [0, 0.05) is 63.1 Å². The first-order valence-electron chi connectivity index (χ1n) is 26.1. The molecule has 0 radical (unpaired) electrons. The smallest absolute Gasteiger partial charge is 0.326 e. The Hall–Kier alpha value is -7.60. The maximum atomic E-state index is 15.1. The van der Waals surface area contributed by atoms with Gasteiger partial charge in [-0.25, -0.2) is 23.4 Å². The molecule has 0 saturated heterocycles. The number of nitrogens with one attached hydrogen (secondary N) is 5. The van der Waals surface area contributed by atoms with Crippen molar-refractivity contribution in [2.75, 3.05) is 32.8 Å². The summed E-state index contributed by atoms with van der Waals surface area (Å²) in [6.07, 6.45) is 5.80. The number of halogens is 2. The highest BCUT2D eigenvalue weighted by Crippen LogP contribution is 2.39. The molecule has 4 rings (SSSR count). The maximum Gasteiger partial charge on any atom is 0.326 e. The Morgan fingerprint density at radius 3 is 2.06 bits per heavy atom. The number of nitrogens with zero attached hydrogens (tertiary/aromatic N) is 4. The molecule has 0 aliphatic carbocycles. The number of nitrogens with two attached hydrogens (primary N) is 2. The van der Waals surface area contributed by atoms with E-state index in [1.165, 1.54) is 17.1 Å². The van der Waals surface area contributed by atoms with Crippen LogP contribution in [-0.2, 0) is 44.9 Å². The standard InChI is InChI=1S/C54H75F2N11O11/c1-33(2)46(64-42(69)19-10-7-13-27-66-43(70)22-23-44(66)71)51(75)62-39(18-14-26-60-53(58)78)50(74)63-40(52(76)77)17-11-12-25-59-49(73)38(57)24-28-67(45(72)32-68)47(54(3,4)5)48-61-41(36-29-35(55)20-21-37(36)56)31-65(48)30-34-15-8-6-9-16-34/h6,8-9,15-16,20-23,29,31,33,38-40,46-47,68H,7,10-14,17-19,24-28,30,32,57H2,1-5H3,(H,59,73)(H,62,75)(H,63,74)(H,64,69)(H,76,77)(H3,58,60,78)/t38-,39-,40+,46-,47-/m0/s1. The molecule has 9 amide bonds. The van der Waals surface area contributed by atoms with Gasteiger partial charge in [-0.15, -0.1) is 0 Å². The molecule has 1 aliphatic rings. The third-order valence-electron chi connectivity index (χ3n) is 12.9. The van der Waals surface area contributed by atoms with Crippen molar-refractivity contribution >= 4 is 53.4 Å². The fourth-order valence-electron chi connectivity index (χ4n) is 8.83. The van der Waals surface area contributed by atoms with E-state index in [0.29, 0.717) is 25.1 Å². The lowest BCUT2D eigenvalue weighted by Gasteiger charge is -2.40. The maximum absolute atomic E-state index is 15.1. The van der Waals surface area contributed by atoms with E-state index in [0.717, 1.165) is 28.7 Å². The van der Waals surface area contributed by atoms with Gasteiger partial charge in [0.2, 0.25) is 29.5 Å². The summed E-state index contributed by atoms with van der Waals surface area (Å²) in [5.74, 6) is -6.93. The number of carbonyl (C=O) groups is 9. The van der Waals surface area contributed by atoms with E-state index in [1.54, 1.807) is 24.6 Å². The van der Waals surface area contributed by atoms with Crippen molar-refractivity contribution in [1.29, 1.82) is 0 Å². The van der Waals surface area contributed by atoms with E-state index in [9.17, 15) is 57.8 Å². The van der Waals surface area contributed by atoms with Crippen LogP contribution in [0, 0.1) is 23.0 Å². The number of aromatic nitrogens is 2. The number of amides is 9. The molecule has 0 saturated carbocycles. The number of rotatable bonds is 32. The fraction of sp³-hybridized carbons (Fsp3) is 0.519. The van der Waals surface area contributed by atoms with Gasteiger partial charge in [0.25, 0.3) is 11.8 Å². The number of imidazole rings is 1. The number of primary amides is 1. The third kappa shape index (κ3) is 19.4. The van der Waals surface area contributed by atoms with Gasteiger partial charge >= 0.3 is 12.0 Å². The van der Waals surface area contributed by atoms with Crippen molar-refractivity contribution in [3.8, 4) is 11.3 Å². The van der Waals surface area contributed by atoms with E-state index in [1.807, 2.05) is 51.1 Å². The second-order valence-corrected chi connectivity index (χ2v) is 20.6. The number of hydrogen-bond acceptors (Lipinski definition) is 12. The van der Waals surface area contributed by atoms with Crippen LogP contribution in [0.3, 0.4) is 0 Å². The highest BCUT2D eigenvalue weighted by atomic mass is 19.1. The number of aliphatic hydroxyl groups is 1. The largest absolute Gasteiger partial charge is 0.480 e. The van der Waals surface area contributed by atoms with Gasteiger partial charge in [-0.1, -0.05) is 71.4 Å². The van der Waals surface area contributed by atoms with Crippen molar-refractivity contribution in [3.63, 3.8) is 0 Å². The van der Waals surface area contributed by atoms with E-state index in [4.69, 9.17) is 16.5 Å². The Morgan fingerprint density at radius 2 is 1.44 bits per heavy atom. The molecule has 2 aromatic carbocycles. The van der Waals surface area contributed by atoms with Crippen LogP contribution in [0.2, 0.25) is 0 Å². The van der Waals surface area contributed by atoms with E-state index >= 15 is 4.39 Å². The van der Waals surface area contributed by atoms with Gasteiger partial charge in [-0.05, 0) is 86.5 Å². The van der Waals surface area contributed by atoms with Gasteiger partial charge in [-0.2, -0.15) is 0 Å². The Morgan fingerprint density at radius 1 is 0.782 bits per heavy atom. The Labute approximate surface area is 452 Å². The minimum absolute atomic E-state index is 0.0366. The first kappa shape index (κ1) is 62.9. The van der Waals surface area contributed by atoms with Crippen LogP contribution < -0.4 is 38.1 Å². The number of benzene rings is 2. The molecule has 426 valence electrons. The number of carbonyl (C=O) groups excluding carboxylic acids is 8. The number of aliphatic carboxylic acids is 1. The van der Waals surface area contributed by atoms with Crippen LogP contribution >= 0.6 is 0 Å². The lowest BCUT2D eigenvalue weighted by Crippen LogP contribution is -2.57. The number of carboxylic acids is 1. The number of aliphatic hydroxyl groups excluding tert-OH is 1. The second-order valence-electron chi connectivity index (χ2n) is 20.6. The van der Waals surface area contributed by atoms with Crippen LogP contribution in [0.25, 0.3) is 11.3 Å².